The van der Waals surface area contributed by atoms with Crippen LogP contribution in [0.25, 0.3) is 0 Å². The van der Waals surface area contributed by atoms with Crippen molar-refractivity contribution in [1.29, 1.82) is 0 Å². The smallest absolute Gasteiger partial charge is 0.222 e. The standard InChI is InChI=1S/C16H30N2O/c1-12-8-14(10-16(3,4)9-12)17-13(2)11-18-7-5-6-15(18)19/h12-14,17H,5-11H2,1-4H3. The van der Waals surface area contributed by atoms with Crippen LogP contribution in [0.15, 0.2) is 0 Å². The topological polar surface area (TPSA) is 32.3 Å². The number of likely N-dealkylation sites (tertiary alicyclic amines) is 1. The van der Waals surface area contributed by atoms with E-state index in [0.29, 0.717) is 23.4 Å². The Morgan fingerprint density at radius 1 is 1.42 bits per heavy atom. The maximum Gasteiger partial charge on any atom is 0.222 e. The van der Waals surface area contributed by atoms with Crippen LogP contribution < -0.4 is 5.32 Å². The van der Waals surface area contributed by atoms with Crippen LogP contribution in [-0.4, -0.2) is 36.0 Å². The highest BCUT2D eigenvalue weighted by Crippen LogP contribution is 2.38. The number of rotatable bonds is 4. The van der Waals surface area contributed by atoms with Gasteiger partial charge in [0, 0.05) is 31.6 Å². The molecule has 0 aromatic rings. The van der Waals surface area contributed by atoms with Gasteiger partial charge in [0.15, 0.2) is 0 Å². The van der Waals surface area contributed by atoms with Crippen LogP contribution in [-0.2, 0) is 4.79 Å². The molecule has 2 fully saturated rings. The molecule has 1 aliphatic heterocycles. The van der Waals surface area contributed by atoms with Gasteiger partial charge < -0.3 is 10.2 Å². The molecule has 1 saturated heterocycles. The number of hydrogen-bond donors (Lipinski definition) is 1. The van der Waals surface area contributed by atoms with Crippen molar-refractivity contribution in [3.63, 3.8) is 0 Å². The van der Waals surface area contributed by atoms with Crippen LogP contribution in [0.2, 0.25) is 0 Å². The zero-order chi connectivity index (χ0) is 14.0. The molecule has 1 saturated carbocycles. The first-order valence-corrected chi connectivity index (χ1v) is 7.89. The largest absolute Gasteiger partial charge is 0.341 e. The van der Waals surface area contributed by atoms with Crippen LogP contribution in [0, 0.1) is 11.3 Å². The molecule has 3 heteroatoms. The third-order valence-corrected chi connectivity index (χ3v) is 4.57. The van der Waals surface area contributed by atoms with Gasteiger partial charge in [0.05, 0.1) is 0 Å². The third kappa shape index (κ3) is 4.20. The minimum absolute atomic E-state index is 0.339. The van der Waals surface area contributed by atoms with Gasteiger partial charge in [0.1, 0.15) is 0 Å². The van der Waals surface area contributed by atoms with E-state index in [1.165, 1.54) is 19.3 Å². The molecule has 3 unspecified atom stereocenters. The molecule has 1 N–H and O–H groups in total. The lowest BCUT2D eigenvalue weighted by molar-refractivity contribution is -0.128. The summed E-state index contributed by atoms with van der Waals surface area (Å²) in [6.45, 7) is 11.2. The molecule has 19 heavy (non-hydrogen) atoms. The summed E-state index contributed by atoms with van der Waals surface area (Å²) in [5.41, 5.74) is 0.457. The Balaban J connectivity index is 1.81. The van der Waals surface area contributed by atoms with Crippen LogP contribution in [0.1, 0.15) is 59.8 Å². The van der Waals surface area contributed by atoms with Crippen molar-refractivity contribution in [2.75, 3.05) is 13.1 Å². The van der Waals surface area contributed by atoms with Crippen molar-refractivity contribution in [3.8, 4) is 0 Å². The van der Waals surface area contributed by atoms with Crippen molar-refractivity contribution in [2.24, 2.45) is 11.3 Å². The van der Waals surface area contributed by atoms with Gasteiger partial charge >= 0.3 is 0 Å². The Kier molecular flexibility index (Phi) is 4.54. The van der Waals surface area contributed by atoms with E-state index in [2.05, 4.69) is 33.0 Å². The Labute approximate surface area is 118 Å². The van der Waals surface area contributed by atoms with Crippen molar-refractivity contribution < 1.29 is 4.79 Å². The zero-order valence-electron chi connectivity index (χ0n) is 13.0. The number of nitrogens with one attached hydrogen (secondary N) is 1. The quantitative estimate of drug-likeness (QED) is 0.848. The minimum Gasteiger partial charge on any atom is -0.341 e. The molecule has 1 amide bonds. The van der Waals surface area contributed by atoms with E-state index in [-0.39, 0.29) is 0 Å². The van der Waals surface area contributed by atoms with E-state index < -0.39 is 0 Å². The molecular weight excluding hydrogens is 236 g/mol. The highest BCUT2D eigenvalue weighted by atomic mass is 16.2. The molecule has 0 bridgehead atoms. The third-order valence-electron chi connectivity index (χ3n) is 4.57. The first-order valence-electron chi connectivity index (χ1n) is 7.89. The molecular formula is C16H30N2O. The molecule has 0 aromatic heterocycles. The van der Waals surface area contributed by atoms with Gasteiger partial charge in [0.2, 0.25) is 5.91 Å². The Morgan fingerprint density at radius 3 is 2.74 bits per heavy atom. The summed E-state index contributed by atoms with van der Waals surface area (Å²) in [6.07, 6.45) is 5.67. The lowest BCUT2D eigenvalue weighted by atomic mass is 9.70. The highest BCUT2D eigenvalue weighted by Gasteiger charge is 2.32. The van der Waals surface area contributed by atoms with E-state index in [9.17, 15) is 4.79 Å². The molecule has 0 radical (unpaired) electrons. The van der Waals surface area contributed by atoms with Crippen LogP contribution in [0.3, 0.4) is 0 Å². The SMILES string of the molecule is CC1CC(NC(C)CN2CCCC2=O)CC(C)(C)C1. The summed E-state index contributed by atoms with van der Waals surface area (Å²) >= 11 is 0. The Morgan fingerprint density at radius 2 is 2.16 bits per heavy atom. The molecule has 3 nitrogen and oxygen atoms in total. The molecule has 1 aliphatic carbocycles. The fourth-order valence-electron chi connectivity index (χ4n) is 4.16. The molecule has 2 rings (SSSR count). The summed E-state index contributed by atoms with van der Waals surface area (Å²) in [4.78, 5) is 13.7. The number of carbonyl (C=O) groups excluding carboxylic acids is 1. The van der Waals surface area contributed by atoms with Crippen molar-refractivity contribution >= 4 is 5.91 Å². The molecule has 110 valence electrons. The fraction of sp³-hybridized carbons (Fsp3) is 0.938. The van der Waals surface area contributed by atoms with Crippen LogP contribution in [0.4, 0.5) is 0 Å². The summed E-state index contributed by atoms with van der Waals surface area (Å²) in [7, 11) is 0. The summed E-state index contributed by atoms with van der Waals surface area (Å²) < 4.78 is 0. The number of amides is 1. The first kappa shape index (κ1) is 14.8. The van der Waals surface area contributed by atoms with Gasteiger partial charge in [-0.2, -0.15) is 0 Å². The van der Waals surface area contributed by atoms with Crippen molar-refractivity contribution in [1.82, 2.24) is 10.2 Å². The maximum atomic E-state index is 11.7. The number of nitrogens with zero attached hydrogens (tertiary/aromatic N) is 1. The average molecular weight is 266 g/mol. The molecule has 0 aromatic carbocycles. The predicted molar refractivity (Wildman–Crippen MR) is 79.0 cm³/mol. The second-order valence-corrected chi connectivity index (χ2v) is 7.62. The lowest BCUT2D eigenvalue weighted by Crippen LogP contribution is -2.48. The second-order valence-electron chi connectivity index (χ2n) is 7.62. The number of carbonyl (C=O) groups is 1. The molecule has 0 spiro atoms. The number of hydrogen-bond acceptors (Lipinski definition) is 2. The van der Waals surface area contributed by atoms with Crippen molar-refractivity contribution in [3.05, 3.63) is 0 Å². The zero-order valence-corrected chi connectivity index (χ0v) is 13.0. The minimum atomic E-state index is 0.339. The van der Waals surface area contributed by atoms with E-state index >= 15 is 0 Å². The van der Waals surface area contributed by atoms with Gasteiger partial charge in [-0.05, 0) is 43.9 Å². The Hall–Kier alpha value is -0.570. The summed E-state index contributed by atoms with van der Waals surface area (Å²) in [5, 5.41) is 3.76. The van der Waals surface area contributed by atoms with Gasteiger partial charge in [-0.15, -0.1) is 0 Å². The normalized spacial score (nSPS) is 32.6. The molecule has 2 aliphatic rings. The van der Waals surface area contributed by atoms with Crippen molar-refractivity contribution in [2.45, 2.75) is 71.9 Å². The monoisotopic (exact) mass is 266 g/mol. The van der Waals surface area contributed by atoms with Gasteiger partial charge in [-0.25, -0.2) is 0 Å². The van der Waals surface area contributed by atoms with Gasteiger partial charge in [-0.1, -0.05) is 20.8 Å². The first-order chi connectivity index (χ1) is 8.85. The van der Waals surface area contributed by atoms with E-state index in [1.807, 2.05) is 4.90 Å². The van der Waals surface area contributed by atoms with E-state index in [0.717, 1.165) is 31.8 Å². The summed E-state index contributed by atoms with van der Waals surface area (Å²) in [6, 6.07) is 1.03. The Bertz CT molecular complexity index is 327. The predicted octanol–water partition coefficient (Wildman–Crippen LogP) is 2.80. The fourth-order valence-corrected chi connectivity index (χ4v) is 4.16. The van der Waals surface area contributed by atoms with E-state index in [4.69, 9.17) is 0 Å². The van der Waals surface area contributed by atoms with Gasteiger partial charge in [-0.3, -0.25) is 4.79 Å². The second kappa shape index (κ2) is 5.82. The molecule has 3 atom stereocenters. The lowest BCUT2D eigenvalue weighted by Gasteiger charge is -2.40. The van der Waals surface area contributed by atoms with Crippen LogP contribution >= 0.6 is 0 Å². The van der Waals surface area contributed by atoms with E-state index in [1.54, 1.807) is 0 Å². The maximum absolute atomic E-state index is 11.7. The van der Waals surface area contributed by atoms with Crippen LogP contribution in [0.5, 0.6) is 0 Å². The highest BCUT2D eigenvalue weighted by molar-refractivity contribution is 5.78. The van der Waals surface area contributed by atoms with Gasteiger partial charge in [0.25, 0.3) is 0 Å². The molecule has 1 heterocycles. The summed E-state index contributed by atoms with van der Waals surface area (Å²) in [5.74, 6) is 1.15. The average Bonchev–Trinajstić information content (AvgIpc) is 2.60.